The molecule has 3 aromatic rings. The van der Waals surface area contributed by atoms with Gasteiger partial charge < -0.3 is 15.5 Å². The minimum absolute atomic E-state index is 0.148. The maximum Gasteiger partial charge on any atom is 0.277 e. The number of thioether (sulfide) groups is 1. The van der Waals surface area contributed by atoms with Crippen LogP contribution in [0.1, 0.15) is 17.5 Å². The number of anilines is 1. The Labute approximate surface area is 163 Å². The van der Waals surface area contributed by atoms with Gasteiger partial charge in [0, 0.05) is 10.2 Å². The fourth-order valence-corrected chi connectivity index (χ4v) is 3.08. The first-order valence-electron chi connectivity index (χ1n) is 7.91. The van der Waals surface area contributed by atoms with Crippen molar-refractivity contribution in [1.29, 1.82) is 0 Å². The Morgan fingerprint density at radius 3 is 2.62 bits per heavy atom. The van der Waals surface area contributed by atoms with Crippen LogP contribution in [-0.4, -0.2) is 21.9 Å². The number of aromatic nitrogens is 2. The Bertz CT molecular complexity index is 855. The SMILES string of the molecule is NC(Cc1ccccc1)c1nnc(SCC(=O)Nc2ccc(Br)cc2)o1. The van der Waals surface area contributed by atoms with Gasteiger partial charge in [-0.25, -0.2) is 0 Å². The second-order valence-corrected chi connectivity index (χ2v) is 7.39. The Kier molecular flexibility index (Phi) is 6.43. The minimum atomic E-state index is -0.379. The number of nitrogens with one attached hydrogen (secondary N) is 1. The zero-order valence-electron chi connectivity index (χ0n) is 13.8. The van der Waals surface area contributed by atoms with Crippen molar-refractivity contribution in [2.24, 2.45) is 5.73 Å². The Morgan fingerprint density at radius 1 is 1.15 bits per heavy atom. The number of hydrogen-bond donors (Lipinski definition) is 2. The highest BCUT2D eigenvalue weighted by Gasteiger charge is 2.16. The van der Waals surface area contributed by atoms with Gasteiger partial charge in [0.15, 0.2) is 0 Å². The summed E-state index contributed by atoms with van der Waals surface area (Å²) in [6.45, 7) is 0. The summed E-state index contributed by atoms with van der Waals surface area (Å²) in [5, 5.41) is 11.1. The molecule has 1 unspecified atom stereocenters. The lowest BCUT2D eigenvalue weighted by atomic mass is 10.1. The molecule has 3 rings (SSSR count). The van der Waals surface area contributed by atoms with Gasteiger partial charge in [-0.3, -0.25) is 4.79 Å². The Balaban J connectivity index is 1.50. The molecule has 0 aliphatic rings. The van der Waals surface area contributed by atoms with E-state index in [0.29, 0.717) is 17.5 Å². The maximum atomic E-state index is 12.0. The average molecular weight is 433 g/mol. The molecule has 8 heteroatoms. The summed E-state index contributed by atoms with van der Waals surface area (Å²) in [5.74, 6) is 0.390. The molecule has 0 aliphatic carbocycles. The molecule has 1 amide bonds. The highest BCUT2D eigenvalue weighted by atomic mass is 79.9. The third-order valence-electron chi connectivity index (χ3n) is 3.49. The molecule has 0 aliphatic heterocycles. The molecule has 0 saturated heterocycles. The van der Waals surface area contributed by atoms with Crippen molar-refractivity contribution >= 4 is 39.3 Å². The quantitative estimate of drug-likeness (QED) is 0.551. The lowest BCUT2D eigenvalue weighted by molar-refractivity contribution is -0.113. The van der Waals surface area contributed by atoms with E-state index in [9.17, 15) is 4.79 Å². The highest BCUT2D eigenvalue weighted by molar-refractivity contribution is 9.10. The van der Waals surface area contributed by atoms with E-state index in [1.807, 2.05) is 54.6 Å². The molecular formula is C18H17BrN4O2S. The molecule has 1 heterocycles. The van der Waals surface area contributed by atoms with Gasteiger partial charge in [0.05, 0.1) is 11.8 Å². The molecule has 0 bridgehead atoms. The van der Waals surface area contributed by atoms with E-state index in [-0.39, 0.29) is 17.7 Å². The number of hydrogen-bond acceptors (Lipinski definition) is 6. The lowest BCUT2D eigenvalue weighted by Crippen LogP contribution is -2.14. The fourth-order valence-electron chi connectivity index (χ4n) is 2.24. The van der Waals surface area contributed by atoms with E-state index >= 15 is 0 Å². The van der Waals surface area contributed by atoms with Gasteiger partial charge >= 0.3 is 0 Å². The van der Waals surface area contributed by atoms with Crippen LogP contribution in [0.15, 0.2) is 68.7 Å². The fraction of sp³-hybridized carbons (Fsp3) is 0.167. The second kappa shape index (κ2) is 8.98. The molecule has 0 radical (unpaired) electrons. The predicted molar refractivity (Wildman–Crippen MR) is 105 cm³/mol. The topological polar surface area (TPSA) is 94.0 Å². The van der Waals surface area contributed by atoms with Crippen molar-refractivity contribution in [2.75, 3.05) is 11.1 Å². The van der Waals surface area contributed by atoms with Gasteiger partial charge in [-0.15, -0.1) is 10.2 Å². The zero-order chi connectivity index (χ0) is 18.4. The number of carbonyl (C=O) groups is 1. The minimum Gasteiger partial charge on any atom is -0.414 e. The van der Waals surface area contributed by atoms with E-state index in [4.69, 9.17) is 10.2 Å². The van der Waals surface area contributed by atoms with E-state index in [0.717, 1.165) is 15.7 Å². The van der Waals surface area contributed by atoms with Crippen LogP contribution < -0.4 is 11.1 Å². The molecule has 6 nitrogen and oxygen atoms in total. The molecule has 0 spiro atoms. The summed E-state index contributed by atoms with van der Waals surface area (Å²) in [6, 6.07) is 16.9. The summed E-state index contributed by atoms with van der Waals surface area (Å²) in [6.07, 6.45) is 0.608. The van der Waals surface area contributed by atoms with Gasteiger partial charge in [-0.05, 0) is 36.2 Å². The van der Waals surface area contributed by atoms with E-state index in [1.54, 1.807) is 0 Å². The lowest BCUT2D eigenvalue weighted by Gasteiger charge is -2.06. The number of nitrogens with two attached hydrogens (primary N) is 1. The average Bonchev–Trinajstić information content (AvgIpc) is 3.12. The normalized spacial score (nSPS) is 11.9. The van der Waals surface area contributed by atoms with Gasteiger partial charge in [-0.1, -0.05) is 58.0 Å². The predicted octanol–water partition coefficient (Wildman–Crippen LogP) is 3.81. The smallest absolute Gasteiger partial charge is 0.277 e. The van der Waals surface area contributed by atoms with Crippen LogP contribution in [0.4, 0.5) is 5.69 Å². The number of benzene rings is 2. The van der Waals surface area contributed by atoms with Crippen LogP contribution in [0.25, 0.3) is 0 Å². The van der Waals surface area contributed by atoms with Gasteiger partial charge in [0.1, 0.15) is 0 Å². The van der Waals surface area contributed by atoms with Gasteiger partial charge in [0.2, 0.25) is 11.8 Å². The number of amides is 1. The van der Waals surface area contributed by atoms with Crippen LogP contribution in [0.2, 0.25) is 0 Å². The van der Waals surface area contributed by atoms with E-state index < -0.39 is 0 Å². The third-order valence-corrected chi connectivity index (χ3v) is 4.84. The molecule has 1 aromatic heterocycles. The van der Waals surface area contributed by atoms with Crippen molar-refractivity contribution in [1.82, 2.24) is 10.2 Å². The molecule has 3 N–H and O–H groups in total. The van der Waals surface area contributed by atoms with Crippen molar-refractivity contribution in [3.63, 3.8) is 0 Å². The van der Waals surface area contributed by atoms with E-state index in [1.165, 1.54) is 11.8 Å². The van der Waals surface area contributed by atoms with E-state index in [2.05, 4.69) is 31.4 Å². The first kappa shape index (κ1) is 18.6. The van der Waals surface area contributed by atoms with Crippen LogP contribution in [-0.2, 0) is 11.2 Å². The maximum absolute atomic E-state index is 12.0. The number of nitrogens with zero attached hydrogens (tertiary/aromatic N) is 2. The molecule has 1 atom stereocenters. The summed E-state index contributed by atoms with van der Waals surface area (Å²) in [7, 11) is 0. The summed E-state index contributed by atoms with van der Waals surface area (Å²) >= 11 is 4.53. The van der Waals surface area contributed by atoms with Crippen LogP contribution in [0.3, 0.4) is 0 Å². The van der Waals surface area contributed by atoms with Crippen molar-refractivity contribution in [2.45, 2.75) is 17.7 Å². The van der Waals surface area contributed by atoms with Crippen molar-refractivity contribution in [3.8, 4) is 0 Å². The number of halogens is 1. The molecule has 0 fully saturated rings. The highest BCUT2D eigenvalue weighted by Crippen LogP contribution is 2.21. The molecule has 26 heavy (non-hydrogen) atoms. The van der Waals surface area contributed by atoms with Gasteiger partial charge in [-0.2, -0.15) is 0 Å². The van der Waals surface area contributed by atoms with Gasteiger partial charge in [0.25, 0.3) is 5.22 Å². The van der Waals surface area contributed by atoms with Crippen LogP contribution in [0, 0.1) is 0 Å². The summed E-state index contributed by atoms with van der Waals surface area (Å²) in [4.78, 5) is 12.0. The third kappa shape index (κ3) is 5.42. The van der Waals surface area contributed by atoms with Crippen LogP contribution >= 0.6 is 27.7 Å². The molecule has 134 valence electrons. The number of rotatable bonds is 7. The standard InChI is InChI=1S/C18H17BrN4O2S/c19-13-6-8-14(9-7-13)21-16(24)11-26-18-23-22-17(25-18)15(20)10-12-4-2-1-3-5-12/h1-9,15H,10-11,20H2,(H,21,24). The Hall–Kier alpha value is -2.16. The summed E-state index contributed by atoms with van der Waals surface area (Å²) in [5.41, 5.74) is 7.95. The zero-order valence-corrected chi connectivity index (χ0v) is 16.2. The van der Waals surface area contributed by atoms with Crippen molar-refractivity contribution in [3.05, 3.63) is 70.5 Å². The van der Waals surface area contributed by atoms with Crippen LogP contribution in [0.5, 0.6) is 0 Å². The summed E-state index contributed by atoms with van der Waals surface area (Å²) < 4.78 is 6.52. The first-order chi connectivity index (χ1) is 12.6. The molecule has 0 saturated carbocycles. The van der Waals surface area contributed by atoms with Crippen molar-refractivity contribution < 1.29 is 9.21 Å². The first-order valence-corrected chi connectivity index (χ1v) is 9.69. The number of carbonyl (C=O) groups excluding carboxylic acids is 1. The largest absolute Gasteiger partial charge is 0.414 e. The second-order valence-electron chi connectivity index (χ2n) is 5.55. The Morgan fingerprint density at radius 2 is 1.88 bits per heavy atom. The monoisotopic (exact) mass is 432 g/mol. The molecular weight excluding hydrogens is 416 g/mol. The molecule has 2 aromatic carbocycles.